The molecule has 2 aromatic rings. The number of fused-ring (bicyclic) bond motifs is 1. The zero-order valence-corrected chi connectivity index (χ0v) is 21.5. The summed E-state index contributed by atoms with van der Waals surface area (Å²) in [4.78, 5) is 21.8. The number of carbonyl (C=O) groups excluding carboxylic acids is 1. The number of hydrogen-bond acceptors (Lipinski definition) is 6. The third-order valence-electron chi connectivity index (χ3n) is 8.61. The molecule has 5 aliphatic rings. The molecule has 4 fully saturated rings. The van der Waals surface area contributed by atoms with E-state index in [9.17, 15) is 13.2 Å². The molecule has 0 spiro atoms. The predicted molar refractivity (Wildman–Crippen MR) is 133 cm³/mol. The lowest BCUT2D eigenvalue weighted by molar-refractivity contribution is -0.124. The normalized spacial score (nSPS) is 28.9. The van der Waals surface area contributed by atoms with Gasteiger partial charge in [-0.2, -0.15) is 9.57 Å². The predicted octanol–water partition coefficient (Wildman–Crippen LogP) is 4.29. The topological polar surface area (TPSA) is 116 Å². The van der Waals surface area contributed by atoms with Gasteiger partial charge in [-0.25, -0.2) is 18.4 Å². The molecule has 1 aromatic heterocycles. The molecule has 0 unspecified atom stereocenters. The van der Waals surface area contributed by atoms with Crippen LogP contribution in [-0.2, 0) is 27.8 Å². The average Bonchev–Trinajstić information content (AvgIpc) is 2.82. The van der Waals surface area contributed by atoms with E-state index in [1.54, 1.807) is 0 Å². The molecule has 7 rings (SSSR count). The first kappa shape index (κ1) is 23.8. The number of halogens is 1. The molecular formula is C26H28ClN5O3S. The maximum atomic E-state index is 13.3. The van der Waals surface area contributed by atoms with Crippen LogP contribution in [0.1, 0.15) is 61.8 Å². The Hall–Kier alpha value is -2.54. The van der Waals surface area contributed by atoms with E-state index in [1.165, 1.54) is 67.4 Å². The van der Waals surface area contributed by atoms with Crippen LogP contribution in [0.4, 0.5) is 5.82 Å². The molecular weight excluding hydrogens is 498 g/mol. The van der Waals surface area contributed by atoms with Crippen molar-refractivity contribution in [3.8, 4) is 6.07 Å². The van der Waals surface area contributed by atoms with Crippen LogP contribution in [0.25, 0.3) is 0 Å². The lowest BCUT2D eigenvalue weighted by Gasteiger charge is -2.56. The summed E-state index contributed by atoms with van der Waals surface area (Å²) >= 11 is 6.19. The molecule has 36 heavy (non-hydrogen) atoms. The van der Waals surface area contributed by atoms with Gasteiger partial charge < -0.3 is 5.32 Å². The molecule has 0 saturated heterocycles. The molecule has 4 aliphatic carbocycles. The van der Waals surface area contributed by atoms with Crippen LogP contribution in [0.5, 0.6) is 0 Å². The summed E-state index contributed by atoms with van der Waals surface area (Å²) in [7, 11) is -3.88. The Balaban J connectivity index is 1.18. The van der Waals surface area contributed by atoms with Gasteiger partial charge >= 0.3 is 0 Å². The lowest BCUT2D eigenvalue weighted by atomic mass is 9.49. The molecule has 1 amide bonds. The minimum Gasteiger partial charge on any atom is -0.310 e. The van der Waals surface area contributed by atoms with Gasteiger partial charge in [-0.3, -0.25) is 4.79 Å². The number of aromatic nitrogens is 2. The molecule has 4 saturated carbocycles. The number of hydrogen-bond donors (Lipinski definition) is 1. The number of carbonyl (C=O) groups is 1. The van der Waals surface area contributed by atoms with E-state index in [2.05, 4.69) is 15.3 Å². The molecule has 2 heterocycles. The van der Waals surface area contributed by atoms with Gasteiger partial charge in [0, 0.05) is 18.5 Å². The molecule has 1 aliphatic heterocycles. The first-order valence-electron chi connectivity index (χ1n) is 12.6. The highest BCUT2D eigenvalue weighted by Crippen LogP contribution is 2.61. The van der Waals surface area contributed by atoms with Crippen molar-refractivity contribution in [2.24, 2.45) is 23.2 Å². The van der Waals surface area contributed by atoms with Crippen LogP contribution >= 0.6 is 11.6 Å². The zero-order valence-electron chi connectivity index (χ0n) is 19.9. The maximum absolute atomic E-state index is 13.3. The standard InChI is InChI=1S/C26H28ClN5O3S/c27-21-8-16(13-28)1-2-23(21)36(34,35)32-4-3-20-22(14-32)29-15-30-25(20)31-24(33)12-26-9-17-5-18(10-26)7-19(6-17)11-26/h1-2,8,15,17-19H,3-7,9-12,14H2,(H,29,30,31,33). The van der Waals surface area contributed by atoms with E-state index in [1.807, 2.05) is 6.07 Å². The van der Waals surface area contributed by atoms with Crippen molar-refractivity contribution in [1.82, 2.24) is 14.3 Å². The van der Waals surface area contributed by atoms with Crippen molar-refractivity contribution in [2.75, 3.05) is 11.9 Å². The first-order valence-corrected chi connectivity index (χ1v) is 14.4. The monoisotopic (exact) mass is 525 g/mol. The van der Waals surface area contributed by atoms with Gasteiger partial charge in [0.1, 0.15) is 17.0 Å². The van der Waals surface area contributed by atoms with Gasteiger partial charge in [-0.1, -0.05) is 11.6 Å². The van der Waals surface area contributed by atoms with Crippen molar-refractivity contribution < 1.29 is 13.2 Å². The number of amides is 1. The summed E-state index contributed by atoms with van der Waals surface area (Å²) in [5.41, 5.74) is 1.80. The fraction of sp³-hybridized carbons (Fsp3) is 0.538. The van der Waals surface area contributed by atoms with E-state index < -0.39 is 10.0 Å². The fourth-order valence-electron chi connectivity index (χ4n) is 7.59. The molecule has 188 valence electrons. The number of nitrogens with zero attached hydrogens (tertiary/aromatic N) is 4. The van der Waals surface area contributed by atoms with Crippen molar-refractivity contribution in [3.63, 3.8) is 0 Å². The smallest absolute Gasteiger partial charge is 0.244 e. The molecule has 4 bridgehead atoms. The highest BCUT2D eigenvalue weighted by Gasteiger charge is 2.51. The Morgan fingerprint density at radius 1 is 1.17 bits per heavy atom. The van der Waals surface area contributed by atoms with Gasteiger partial charge in [0.25, 0.3) is 0 Å². The number of benzene rings is 1. The van der Waals surface area contributed by atoms with Crippen LogP contribution in [-0.4, -0.2) is 35.1 Å². The van der Waals surface area contributed by atoms with Gasteiger partial charge in [0.05, 0.1) is 28.9 Å². The molecule has 10 heteroatoms. The van der Waals surface area contributed by atoms with E-state index in [0.29, 0.717) is 29.9 Å². The third-order valence-corrected chi connectivity index (χ3v) is 10.9. The Bertz CT molecular complexity index is 1350. The van der Waals surface area contributed by atoms with E-state index >= 15 is 0 Å². The second-order valence-corrected chi connectivity index (χ2v) is 13.4. The van der Waals surface area contributed by atoms with Crippen molar-refractivity contribution in [2.45, 2.75) is 62.8 Å². The minimum atomic E-state index is -3.88. The van der Waals surface area contributed by atoms with Crippen LogP contribution in [0.2, 0.25) is 5.02 Å². The van der Waals surface area contributed by atoms with Gasteiger partial charge in [0.15, 0.2) is 0 Å². The Morgan fingerprint density at radius 3 is 2.50 bits per heavy atom. The van der Waals surface area contributed by atoms with E-state index in [4.69, 9.17) is 16.9 Å². The van der Waals surface area contributed by atoms with Gasteiger partial charge in [-0.15, -0.1) is 0 Å². The summed E-state index contributed by atoms with van der Waals surface area (Å²) < 4.78 is 27.9. The SMILES string of the molecule is N#Cc1ccc(S(=O)(=O)N2CCc3c(ncnc3NC(=O)CC34CC5CC(CC(C5)C3)C4)C2)c(Cl)c1. The maximum Gasteiger partial charge on any atom is 0.244 e. The first-order chi connectivity index (χ1) is 17.2. The Labute approximate surface area is 216 Å². The van der Waals surface area contributed by atoms with Crippen LogP contribution < -0.4 is 5.32 Å². The molecule has 0 atom stereocenters. The van der Waals surface area contributed by atoms with E-state index in [0.717, 1.165) is 23.3 Å². The van der Waals surface area contributed by atoms with Gasteiger partial charge in [-0.05, 0) is 86.3 Å². The molecule has 8 nitrogen and oxygen atoms in total. The number of nitriles is 1. The number of nitrogens with one attached hydrogen (secondary N) is 1. The third kappa shape index (κ3) is 4.19. The summed E-state index contributed by atoms with van der Waals surface area (Å²) in [6.45, 7) is 0.283. The Morgan fingerprint density at radius 2 is 1.86 bits per heavy atom. The van der Waals surface area contributed by atoms with E-state index in [-0.39, 0.29) is 34.3 Å². The van der Waals surface area contributed by atoms with Crippen molar-refractivity contribution in [3.05, 3.63) is 46.4 Å². The Kier molecular flexibility index (Phi) is 5.82. The molecule has 1 aromatic carbocycles. The summed E-state index contributed by atoms with van der Waals surface area (Å²) in [5.74, 6) is 2.84. The van der Waals surface area contributed by atoms with Crippen molar-refractivity contribution >= 4 is 33.3 Å². The highest BCUT2D eigenvalue weighted by atomic mass is 35.5. The largest absolute Gasteiger partial charge is 0.310 e. The fourth-order valence-corrected chi connectivity index (χ4v) is 9.51. The average molecular weight is 526 g/mol. The summed E-state index contributed by atoms with van der Waals surface area (Å²) in [6, 6.07) is 6.11. The molecule has 1 N–H and O–H groups in total. The van der Waals surface area contributed by atoms with Gasteiger partial charge in [0.2, 0.25) is 15.9 Å². The number of sulfonamides is 1. The minimum absolute atomic E-state index is 0.00253. The van der Waals surface area contributed by atoms with Crippen LogP contribution in [0.15, 0.2) is 29.4 Å². The molecule has 0 radical (unpaired) electrons. The highest BCUT2D eigenvalue weighted by molar-refractivity contribution is 7.89. The quantitative estimate of drug-likeness (QED) is 0.622. The van der Waals surface area contributed by atoms with Crippen molar-refractivity contribution in [1.29, 1.82) is 5.26 Å². The number of rotatable bonds is 5. The second kappa shape index (κ2) is 8.79. The summed E-state index contributed by atoms with van der Waals surface area (Å²) in [5, 5.41) is 12.1. The lowest BCUT2D eigenvalue weighted by Crippen LogP contribution is -2.47. The summed E-state index contributed by atoms with van der Waals surface area (Å²) in [6.07, 6.45) is 9.82. The number of anilines is 1. The zero-order chi connectivity index (χ0) is 25.1. The van der Waals surface area contributed by atoms with Crippen LogP contribution in [0.3, 0.4) is 0 Å². The van der Waals surface area contributed by atoms with Crippen LogP contribution in [0, 0.1) is 34.5 Å². The second-order valence-electron chi connectivity index (χ2n) is 11.1.